The first-order chi connectivity index (χ1) is 9.33. The van der Waals surface area contributed by atoms with Crippen molar-refractivity contribution in [3.63, 3.8) is 0 Å². The molecule has 6 heteroatoms. The molecule has 0 radical (unpaired) electrons. The summed E-state index contributed by atoms with van der Waals surface area (Å²) in [6, 6.07) is 0.529. The monoisotopic (exact) mass is 279 g/mol. The van der Waals surface area contributed by atoms with Crippen molar-refractivity contribution in [2.75, 3.05) is 11.9 Å². The third-order valence-corrected chi connectivity index (χ3v) is 4.20. The van der Waals surface area contributed by atoms with Gasteiger partial charge in [-0.2, -0.15) is 5.10 Å². The Morgan fingerprint density at radius 3 is 2.95 bits per heavy atom. The van der Waals surface area contributed by atoms with Crippen LogP contribution in [0.1, 0.15) is 43.4 Å². The summed E-state index contributed by atoms with van der Waals surface area (Å²) in [4.78, 5) is 0. The molecule has 4 N–H and O–H groups in total. The third-order valence-electron chi connectivity index (χ3n) is 3.98. The van der Waals surface area contributed by atoms with Crippen LogP contribution in [0.5, 0.6) is 0 Å². The number of thiocarbonyl (C=S) groups is 1. The van der Waals surface area contributed by atoms with Gasteiger partial charge in [0.05, 0.1) is 0 Å². The molecule has 1 aliphatic heterocycles. The molecule has 1 aromatic heterocycles. The lowest BCUT2D eigenvalue weighted by atomic mass is 9.96. The first-order valence-corrected chi connectivity index (χ1v) is 7.58. The lowest BCUT2D eigenvalue weighted by Gasteiger charge is -2.24. The average Bonchev–Trinajstić information content (AvgIpc) is 2.83. The van der Waals surface area contributed by atoms with Gasteiger partial charge in [-0.15, -0.1) is 0 Å². The summed E-state index contributed by atoms with van der Waals surface area (Å²) < 4.78 is 0. The summed E-state index contributed by atoms with van der Waals surface area (Å²) in [5.41, 5.74) is 2.45. The van der Waals surface area contributed by atoms with Crippen LogP contribution in [0.3, 0.4) is 0 Å². The minimum absolute atomic E-state index is 0.529. The molecule has 0 amide bonds. The van der Waals surface area contributed by atoms with Crippen molar-refractivity contribution in [3.8, 4) is 0 Å². The number of fused-ring (bicyclic) bond motifs is 1. The van der Waals surface area contributed by atoms with Crippen molar-refractivity contribution in [1.29, 1.82) is 0 Å². The SMILES string of the molecule is S=C(Nc1n[nH]c2c1CNCC2)NC1CCCCC1. The van der Waals surface area contributed by atoms with Crippen LogP contribution in [0.15, 0.2) is 0 Å². The van der Waals surface area contributed by atoms with E-state index in [1.807, 2.05) is 0 Å². The molecule has 104 valence electrons. The molecule has 0 spiro atoms. The molecule has 1 fully saturated rings. The second-order valence-electron chi connectivity index (χ2n) is 5.39. The Kier molecular flexibility index (Phi) is 3.98. The number of nitrogens with zero attached hydrogens (tertiary/aromatic N) is 1. The van der Waals surface area contributed by atoms with E-state index in [0.29, 0.717) is 11.2 Å². The van der Waals surface area contributed by atoms with Crippen molar-refractivity contribution in [3.05, 3.63) is 11.3 Å². The van der Waals surface area contributed by atoms with Crippen LogP contribution in [0, 0.1) is 0 Å². The summed E-state index contributed by atoms with van der Waals surface area (Å²) in [6.45, 7) is 1.87. The van der Waals surface area contributed by atoms with Gasteiger partial charge in [0.25, 0.3) is 0 Å². The smallest absolute Gasteiger partial charge is 0.172 e. The molecular formula is C13H21N5S. The van der Waals surface area contributed by atoms with E-state index in [9.17, 15) is 0 Å². The molecule has 1 aliphatic carbocycles. The highest BCUT2D eigenvalue weighted by atomic mass is 32.1. The van der Waals surface area contributed by atoms with Crippen molar-refractivity contribution >= 4 is 23.1 Å². The number of hydrogen-bond donors (Lipinski definition) is 4. The minimum Gasteiger partial charge on any atom is -0.360 e. The molecule has 2 heterocycles. The zero-order chi connectivity index (χ0) is 13.1. The fraction of sp³-hybridized carbons (Fsp3) is 0.692. The molecule has 1 aromatic rings. The van der Waals surface area contributed by atoms with Gasteiger partial charge in [0.2, 0.25) is 0 Å². The quantitative estimate of drug-likeness (QED) is 0.620. The summed E-state index contributed by atoms with van der Waals surface area (Å²) >= 11 is 5.39. The third kappa shape index (κ3) is 3.06. The number of aromatic amines is 1. The number of anilines is 1. The molecule has 0 aromatic carbocycles. The van der Waals surface area contributed by atoms with Crippen molar-refractivity contribution in [2.24, 2.45) is 0 Å². The number of rotatable bonds is 2. The van der Waals surface area contributed by atoms with Crippen LogP contribution < -0.4 is 16.0 Å². The Morgan fingerprint density at radius 2 is 2.11 bits per heavy atom. The van der Waals surface area contributed by atoms with Crippen molar-refractivity contribution < 1.29 is 0 Å². The summed E-state index contributed by atoms with van der Waals surface area (Å²) in [6.07, 6.45) is 7.43. The fourth-order valence-corrected chi connectivity index (χ4v) is 3.17. The zero-order valence-corrected chi connectivity index (χ0v) is 11.9. The van der Waals surface area contributed by atoms with Gasteiger partial charge in [-0.1, -0.05) is 19.3 Å². The molecule has 5 nitrogen and oxygen atoms in total. The molecule has 1 saturated carbocycles. The summed E-state index contributed by atoms with van der Waals surface area (Å²) in [5.74, 6) is 0.871. The number of nitrogens with one attached hydrogen (secondary N) is 4. The van der Waals surface area contributed by atoms with E-state index in [1.165, 1.54) is 43.4 Å². The first kappa shape index (κ1) is 12.9. The molecule has 2 aliphatic rings. The molecule has 0 atom stereocenters. The van der Waals surface area contributed by atoms with Crippen LogP contribution in [0.2, 0.25) is 0 Å². The predicted octanol–water partition coefficient (Wildman–Crippen LogP) is 1.67. The molecule has 3 rings (SSSR count). The maximum absolute atomic E-state index is 5.39. The molecule has 0 bridgehead atoms. The topological polar surface area (TPSA) is 64.8 Å². The van der Waals surface area contributed by atoms with Crippen LogP contribution in [-0.4, -0.2) is 27.9 Å². The first-order valence-electron chi connectivity index (χ1n) is 7.17. The maximum Gasteiger partial charge on any atom is 0.172 e. The van der Waals surface area contributed by atoms with E-state index < -0.39 is 0 Å². The van der Waals surface area contributed by atoms with Gasteiger partial charge in [-0.3, -0.25) is 5.10 Å². The second-order valence-corrected chi connectivity index (χ2v) is 5.80. The second kappa shape index (κ2) is 5.88. The molecule has 0 unspecified atom stereocenters. The van der Waals surface area contributed by atoms with Crippen LogP contribution >= 0.6 is 12.2 Å². The maximum atomic E-state index is 5.39. The Labute approximate surface area is 118 Å². The van der Waals surface area contributed by atoms with E-state index in [-0.39, 0.29) is 0 Å². The number of aromatic nitrogens is 2. The Balaban J connectivity index is 1.58. The highest BCUT2D eigenvalue weighted by Gasteiger charge is 2.18. The minimum atomic E-state index is 0.529. The van der Waals surface area contributed by atoms with Gasteiger partial charge < -0.3 is 16.0 Å². The highest BCUT2D eigenvalue weighted by molar-refractivity contribution is 7.80. The van der Waals surface area contributed by atoms with Crippen LogP contribution in [0.4, 0.5) is 5.82 Å². The number of H-pyrrole nitrogens is 1. The van der Waals surface area contributed by atoms with Gasteiger partial charge >= 0.3 is 0 Å². The molecular weight excluding hydrogens is 258 g/mol. The lowest BCUT2D eigenvalue weighted by molar-refractivity contribution is 0.415. The van der Waals surface area contributed by atoms with E-state index in [0.717, 1.165) is 25.3 Å². The number of hydrogen-bond acceptors (Lipinski definition) is 3. The van der Waals surface area contributed by atoms with Gasteiger partial charge in [0, 0.05) is 36.8 Å². The van der Waals surface area contributed by atoms with Gasteiger partial charge in [0.1, 0.15) is 0 Å². The van der Waals surface area contributed by atoms with Crippen molar-refractivity contribution in [1.82, 2.24) is 20.8 Å². The Bertz CT molecular complexity index is 450. The lowest BCUT2D eigenvalue weighted by Crippen LogP contribution is -2.39. The van der Waals surface area contributed by atoms with Gasteiger partial charge in [-0.05, 0) is 25.1 Å². The summed E-state index contributed by atoms with van der Waals surface area (Å²) in [5, 5.41) is 18.1. The standard InChI is InChI=1S/C13H21N5S/c19-13(15-9-4-2-1-3-5-9)16-12-10-8-14-7-6-11(10)17-18-12/h9,14H,1-8H2,(H3,15,16,17,18,19). The van der Waals surface area contributed by atoms with Crippen LogP contribution in [-0.2, 0) is 13.0 Å². The zero-order valence-electron chi connectivity index (χ0n) is 11.1. The van der Waals surface area contributed by atoms with Gasteiger partial charge in [0.15, 0.2) is 10.9 Å². The van der Waals surface area contributed by atoms with E-state index >= 15 is 0 Å². The van der Waals surface area contributed by atoms with E-state index in [4.69, 9.17) is 12.2 Å². The van der Waals surface area contributed by atoms with Crippen LogP contribution in [0.25, 0.3) is 0 Å². The largest absolute Gasteiger partial charge is 0.360 e. The van der Waals surface area contributed by atoms with E-state index in [2.05, 4.69) is 26.1 Å². The normalized spacial score (nSPS) is 19.8. The van der Waals surface area contributed by atoms with E-state index in [1.54, 1.807) is 0 Å². The fourth-order valence-electron chi connectivity index (χ4n) is 2.90. The Hall–Kier alpha value is -1.14. The van der Waals surface area contributed by atoms with Gasteiger partial charge in [-0.25, -0.2) is 0 Å². The molecule has 0 saturated heterocycles. The summed E-state index contributed by atoms with van der Waals surface area (Å²) in [7, 11) is 0. The predicted molar refractivity (Wildman–Crippen MR) is 80.2 cm³/mol. The highest BCUT2D eigenvalue weighted by Crippen LogP contribution is 2.20. The average molecular weight is 279 g/mol. The van der Waals surface area contributed by atoms with Crippen molar-refractivity contribution in [2.45, 2.75) is 51.1 Å². The Morgan fingerprint density at radius 1 is 1.26 bits per heavy atom. The molecule has 19 heavy (non-hydrogen) atoms.